The summed E-state index contributed by atoms with van der Waals surface area (Å²) in [5, 5.41) is 21.3. The number of hydrogen-bond donors (Lipinski definition) is 3. The maximum Gasteiger partial charge on any atom is 0.338 e. The van der Waals surface area contributed by atoms with Crippen molar-refractivity contribution >= 4 is 63.7 Å². The van der Waals surface area contributed by atoms with Crippen molar-refractivity contribution in [3.63, 3.8) is 0 Å². The van der Waals surface area contributed by atoms with Crippen molar-refractivity contribution < 1.29 is 33.5 Å². The number of allylic oxidation sites excluding steroid dienone is 1. The molecule has 3 N–H and O–H groups in total. The first kappa shape index (κ1) is 34.1. The Morgan fingerprint density at radius 2 is 1.87 bits per heavy atom. The molecule has 0 bridgehead atoms. The molecule has 0 aromatic heterocycles. The molecule has 0 unspecified atom stereocenters. The number of nitro benzene ring substituents is 1. The van der Waals surface area contributed by atoms with Gasteiger partial charge in [-0.25, -0.2) is 10.2 Å². The molecule has 0 spiro atoms. The van der Waals surface area contributed by atoms with Gasteiger partial charge < -0.3 is 29.6 Å². The van der Waals surface area contributed by atoms with Gasteiger partial charge in [-0.3, -0.25) is 14.9 Å². The minimum atomic E-state index is -0.649. The number of carbonyl (C=O) groups excluding carboxylic acids is 2. The van der Waals surface area contributed by atoms with Crippen LogP contribution in [0.15, 0.2) is 77.0 Å². The molecule has 240 valence electrons. The number of amides is 1. The number of non-ortho nitro benzene ring substituents is 1. The summed E-state index contributed by atoms with van der Waals surface area (Å²) in [7, 11) is 1.50. The Morgan fingerprint density at radius 1 is 1.13 bits per heavy atom. The van der Waals surface area contributed by atoms with E-state index in [2.05, 4.69) is 43.8 Å². The topological polar surface area (TPSA) is 163 Å². The molecule has 4 rings (SSSR count). The van der Waals surface area contributed by atoms with Crippen molar-refractivity contribution in [1.82, 2.24) is 16.1 Å². The molecule has 0 radical (unpaired) electrons. The average molecular weight is 760 g/mol. The van der Waals surface area contributed by atoms with Crippen LogP contribution in [0.2, 0.25) is 0 Å². The number of thiocarbonyl (C=S) groups is 1. The second-order valence-corrected chi connectivity index (χ2v) is 11.2. The number of nitrogens with one attached hydrogen (secondary N) is 3. The molecule has 0 aliphatic carbocycles. The van der Waals surface area contributed by atoms with E-state index in [-0.39, 0.29) is 25.5 Å². The van der Waals surface area contributed by atoms with Gasteiger partial charge in [-0.1, -0.05) is 18.2 Å². The zero-order valence-corrected chi connectivity index (χ0v) is 28.0. The van der Waals surface area contributed by atoms with Gasteiger partial charge in [-0.15, -0.1) is 0 Å². The van der Waals surface area contributed by atoms with E-state index in [0.717, 1.165) is 9.13 Å². The molecular formula is C31H30IN5O8S. The van der Waals surface area contributed by atoms with Crippen LogP contribution in [0.1, 0.15) is 36.6 Å². The summed E-state index contributed by atoms with van der Waals surface area (Å²) >= 11 is 7.41. The fourth-order valence-corrected chi connectivity index (χ4v) is 5.49. The van der Waals surface area contributed by atoms with Gasteiger partial charge in [0, 0.05) is 23.4 Å². The number of halogens is 1. The summed E-state index contributed by atoms with van der Waals surface area (Å²) in [6, 6.07) is 15.9. The predicted octanol–water partition coefficient (Wildman–Crippen LogP) is 4.67. The summed E-state index contributed by atoms with van der Waals surface area (Å²) in [5.74, 6) is 0.308. The number of benzene rings is 3. The number of hydrazone groups is 1. The van der Waals surface area contributed by atoms with Crippen LogP contribution in [0.3, 0.4) is 0 Å². The van der Waals surface area contributed by atoms with Crippen molar-refractivity contribution in [3.05, 3.63) is 102 Å². The predicted molar refractivity (Wildman–Crippen MR) is 182 cm³/mol. The fourth-order valence-electron chi connectivity index (χ4n) is 4.44. The molecule has 0 saturated carbocycles. The molecular weight excluding hydrogens is 729 g/mol. The van der Waals surface area contributed by atoms with Crippen LogP contribution in [0.25, 0.3) is 0 Å². The molecule has 1 heterocycles. The highest BCUT2D eigenvalue weighted by atomic mass is 127. The molecule has 1 atom stereocenters. The lowest BCUT2D eigenvalue weighted by molar-refractivity contribution is -0.384. The van der Waals surface area contributed by atoms with Gasteiger partial charge in [-0.2, -0.15) is 5.10 Å². The number of para-hydroxylation sites is 1. The second-order valence-electron chi connectivity index (χ2n) is 9.66. The number of nitro groups is 1. The van der Waals surface area contributed by atoms with E-state index in [1.165, 1.54) is 25.5 Å². The zero-order valence-electron chi connectivity index (χ0n) is 25.0. The van der Waals surface area contributed by atoms with Crippen molar-refractivity contribution in [1.29, 1.82) is 0 Å². The number of methoxy groups -OCH3 is 1. The van der Waals surface area contributed by atoms with Gasteiger partial charge in [0.15, 0.2) is 23.2 Å². The minimum Gasteiger partial charge on any atom is -0.493 e. The van der Waals surface area contributed by atoms with E-state index in [4.69, 9.17) is 31.2 Å². The SMILES string of the molecule is CCOC(=O)C1=C(C)NC(=S)N[C@@H]1c1ccccc1OCC(=O)NN=Cc1cc(I)c(OCc2ccc([N+](=O)[O-])cc2)c(OC)c1. The van der Waals surface area contributed by atoms with Crippen molar-refractivity contribution in [3.8, 4) is 17.2 Å². The van der Waals surface area contributed by atoms with E-state index in [0.29, 0.717) is 44.8 Å². The standard InChI is InChI=1S/C31H30IN5O8S/c1-4-43-30(39)27-18(2)34-31(46)35-28(27)22-7-5-6-8-24(22)44-17-26(38)36-33-15-20-13-23(32)29(25(14-20)42-3)45-16-19-9-11-21(12-10-19)37(40)41/h5-15,28H,4,16-17H2,1-3H3,(H,36,38)(H2,34,35,46)/t28-/m1/s1. The van der Waals surface area contributed by atoms with Crippen LogP contribution in [-0.2, 0) is 20.9 Å². The third kappa shape index (κ3) is 8.69. The Morgan fingerprint density at radius 3 is 2.57 bits per heavy atom. The normalized spacial score (nSPS) is 14.3. The summed E-state index contributed by atoms with van der Waals surface area (Å²) in [4.78, 5) is 35.8. The monoisotopic (exact) mass is 759 g/mol. The maximum atomic E-state index is 12.8. The molecule has 15 heteroatoms. The molecule has 1 aliphatic rings. The van der Waals surface area contributed by atoms with Crippen LogP contribution in [-0.4, -0.2) is 48.5 Å². The molecule has 46 heavy (non-hydrogen) atoms. The Kier molecular flexibility index (Phi) is 11.9. The lowest BCUT2D eigenvalue weighted by Gasteiger charge is -2.30. The van der Waals surface area contributed by atoms with Crippen LogP contribution in [0.5, 0.6) is 17.2 Å². The first-order chi connectivity index (χ1) is 22.1. The Balaban J connectivity index is 1.38. The quantitative estimate of drug-likeness (QED) is 0.0555. The van der Waals surface area contributed by atoms with Gasteiger partial charge in [0.05, 0.1) is 40.0 Å². The summed E-state index contributed by atoms with van der Waals surface area (Å²) in [5.41, 5.74) is 5.35. The number of esters is 1. The fraction of sp³-hybridized carbons (Fsp3) is 0.226. The van der Waals surface area contributed by atoms with E-state index in [1.54, 1.807) is 62.4 Å². The Labute approximate surface area is 283 Å². The van der Waals surface area contributed by atoms with Crippen molar-refractivity contribution in [2.24, 2.45) is 5.10 Å². The second kappa shape index (κ2) is 16.0. The first-order valence-electron chi connectivity index (χ1n) is 13.8. The average Bonchev–Trinajstić information content (AvgIpc) is 3.03. The van der Waals surface area contributed by atoms with Crippen LogP contribution < -0.4 is 30.3 Å². The third-order valence-corrected chi connectivity index (χ3v) is 7.56. The number of rotatable bonds is 13. The number of ether oxygens (including phenoxy) is 4. The van der Waals surface area contributed by atoms with Crippen molar-refractivity contribution in [2.75, 3.05) is 20.3 Å². The highest BCUT2D eigenvalue weighted by Crippen LogP contribution is 2.35. The van der Waals surface area contributed by atoms with Crippen LogP contribution in [0, 0.1) is 13.7 Å². The molecule has 13 nitrogen and oxygen atoms in total. The lowest BCUT2D eigenvalue weighted by Crippen LogP contribution is -2.45. The minimum absolute atomic E-state index is 0.000198. The van der Waals surface area contributed by atoms with Crippen LogP contribution >= 0.6 is 34.8 Å². The van der Waals surface area contributed by atoms with Crippen LogP contribution in [0.4, 0.5) is 5.69 Å². The largest absolute Gasteiger partial charge is 0.493 e. The van der Waals surface area contributed by atoms with Crippen molar-refractivity contribution in [2.45, 2.75) is 26.5 Å². The highest BCUT2D eigenvalue weighted by molar-refractivity contribution is 14.1. The first-order valence-corrected chi connectivity index (χ1v) is 15.3. The third-order valence-electron chi connectivity index (χ3n) is 6.54. The summed E-state index contributed by atoms with van der Waals surface area (Å²) in [6.45, 7) is 3.50. The molecule has 3 aromatic rings. The van der Waals surface area contributed by atoms with E-state index >= 15 is 0 Å². The van der Waals surface area contributed by atoms with Gasteiger partial charge in [0.1, 0.15) is 12.4 Å². The molecule has 1 amide bonds. The number of carbonyl (C=O) groups is 2. The number of nitrogens with zero attached hydrogens (tertiary/aromatic N) is 2. The van der Waals surface area contributed by atoms with E-state index in [1.807, 2.05) is 0 Å². The zero-order chi connectivity index (χ0) is 33.2. The Hall–Kier alpha value is -4.77. The maximum absolute atomic E-state index is 12.8. The number of hydrogen-bond acceptors (Lipinski definition) is 10. The Bertz CT molecular complexity index is 1700. The lowest BCUT2D eigenvalue weighted by atomic mass is 9.95. The van der Waals surface area contributed by atoms with Gasteiger partial charge in [0.2, 0.25) is 0 Å². The van der Waals surface area contributed by atoms with E-state index in [9.17, 15) is 19.7 Å². The van der Waals surface area contributed by atoms with Gasteiger partial charge >= 0.3 is 5.97 Å². The highest BCUT2D eigenvalue weighted by Gasteiger charge is 2.32. The molecule has 1 aliphatic heterocycles. The molecule has 0 saturated heterocycles. The van der Waals surface area contributed by atoms with Gasteiger partial charge in [-0.05, 0) is 90.1 Å². The summed E-state index contributed by atoms with van der Waals surface area (Å²) < 4.78 is 23.2. The molecule has 3 aromatic carbocycles. The van der Waals surface area contributed by atoms with Gasteiger partial charge in [0.25, 0.3) is 11.6 Å². The summed E-state index contributed by atoms with van der Waals surface area (Å²) in [6.07, 6.45) is 1.45. The smallest absolute Gasteiger partial charge is 0.338 e. The van der Waals surface area contributed by atoms with E-state index < -0.39 is 22.8 Å². The molecule has 0 fully saturated rings.